The molecule has 0 saturated heterocycles. The largest absolute Gasteiger partial charge is 0.490 e. The van der Waals surface area contributed by atoms with E-state index in [2.05, 4.69) is 30.9 Å². The maximum absolute atomic E-state index is 13.2. The third-order valence-corrected chi connectivity index (χ3v) is 5.66. The molecule has 4 rings (SSSR count). The van der Waals surface area contributed by atoms with Crippen LogP contribution in [-0.4, -0.2) is 42.4 Å². The molecule has 0 saturated carbocycles. The topological polar surface area (TPSA) is 85.3 Å². The van der Waals surface area contributed by atoms with Crippen LogP contribution in [0.4, 0.5) is 0 Å². The Morgan fingerprint density at radius 2 is 1.88 bits per heavy atom. The second-order valence-corrected chi connectivity index (χ2v) is 8.42. The minimum Gasteiger partial charge on any atom is -0.490 e. The molecule has 2 heterocycles. The summed E-state index contributed by atoms with van der Waals surface area (Å²) in [5, 5.41) is 11.1. The Morgan fingerprint density at radius 3 is 2.56 bits per heavy atom. The lowest BCUT2D eigenvalue weighted by Gasteiger charge is -2.29. The predicted octanol–water partition coefficient (Wildman–Crippen LogP) is 4.88. The van der Waals surface area contributed by atoms with Gasteiger partial charge >= 0.3 is 0 Å². The Kier molecular flexibility index (Phi) is 8.25. The number of fused-ring (bicyclic) bond motifs is 2. The average molecular weight is 488 g/mol. The summed E-state index contributed by atoms with van der Waals surface area (Å²) in [7, 11) is 1.50. The Hall–Kier alpha value is -3.00. The molecule has 7 nitrogen and oxygen atoms in total. The number of hydrogen-bond acceptors (Lipinski definition) is 7. The SMILES string of the molecule is COc1c2occc(OCC(O)CN(Cc3ccccc3)C(C)C)c-2c(=O)c2cc(C)oc12.Cl. The number of halogens is 1. The van der Waals surface area contributed by atoms with Gasteiger partial charge in [-0.2, -0.15) is 0 Å². The zero-order chi connectivity index (χ0) is 23.5. The Labute approximate surface area is 204 Å². The molecule has 0 bridgehead atoms. The first-order chi connectivity index (χ1) is 15.9. The highest BCUT2D eigenvalue weighted by atomic mass is 35.5. The zero-order valence-electron chi connectivity index (χ0n) is 19.7. The van der Waals surface area contributed by atoms with Crippen LogP contribution in [0, 0.1) is 6.92 Å². The van der Waals surface area contributed by atoms with Gasteiger partial charge in [-0.15, -0.1) is 12.4 Å². The van der Waals surface area contributed by atoms with E-state index in [0.717, 1.165) is 6.54 Å². The highest BCUT2D eigenvalue weighted by Crippen LogP contribution is 2.41. The summed E-state index contributed by atoms with van der Waals surface area (Å²) in [5.41, 5.74) is 1.53. The summed E-state index contributed by atoms with van der Waals surface area (Å²) in [6.45, 7) is 7.14. The van der Waals surface area contributed by atoms with Crippen molar-refractivity contribution in [3.63, 3.8) is 0 Å². The smallest absolute Gasteiger partial charge is 0.206 e. The van der Waals surface area contributed by atoms with Crippen LogP contribution in [0.3, 0.4) is 0 Å². The van der Waals surface area contributed by atoms with Gasteiger partial charge in [-0.3, -0.25) is 9.69 Å². The second-order valence-electron chi connectivity index (χ2n) is 8.42. The number of nitrogens with zero attached hydrogens (tertiary/aromatic N) is 1. The molecular weight excluding hydrogens is 458 g/mol. The van der Waals surface area contributed by atoms with Gasteiger partial charge < -0.3 is 23.4 Å². The van der Waals surface area contributed by atoms with Crippen molar-refractivity contribution in [3.8, 4) is 22.8 Å². The van der Waals surface area contributed by atoms with E-state index >= 15 is 0 Å². The van der Waals surface area contributed by atoms with Gasteiger partial charge in [0.15, 0.2) is 11.3 Å². The monoisotopic (exact) mass is 487 g/mol. The van der Waals surface area contributed by atoms with Crippen LogP contribution in [0.1, 0.15) is 25.2 Å². The van der Waals surface area contributed by atoms with E-state index in [1.165, 1.54) is 18.9 Å². The standard InChI is InChI=1S/C26H29NO6.ClH/c1-16(2)27(13-18-8-6-5-7-9-18)14-19(28)15-32-21-10-11-31-25-22(21)23(29)20-12-17(3)33-24(20)26(25)30-4;/h5-12,16,19,28H,13-15H2,1-4H3;1H. The first-order valence-electron chi connectivity index (χ1n) is 11.0. The summed E-state index contributed by atoms with van der Waals surface area (Å²) >= 11 is 0. The van der Waals surface area contributed by atoms with E-state index in [0.29, 0.717) is 34.8 Å². The lowest BCUT2D eigenvalue weighted by molar-refractivity contribution is 0.0543. The maximum Gasteiger partial charge on any atom is 0.206 e. The van der Waals surface area contributed by atoms with Crippen LogP contribution < -0.4 is 14.9 Å². The molecule has 1 aliphatic heterocycles. The van der Waals surface area contributed by atoms with Crippen LogP contribution in [-0.2, 0) is 6.54 Å². The molecule has 34 heavy (non-hydrogen) atoms. The third kappa shape index (κ3) is 5.22. The van der Waals surface area contributed by atoms with E-state index in [-0.39, 0.29) is 41.8 Å². The molecule has 0 fully saturated rings. The summed E-state index contributed by atoms with van der Waals surface area (Å²) in [6, 6.07) is 13.6. The normalized spacial score (nSPS) is 12.3. The van der Waals surface area contributed by atoms with Gasteiger partial charge in [-0.1, -0.05) is 30.3 Å². The maximum atomic E-state index is 13.2. The lowest BCUT2D eigenvalue weighted by atomic mass is 10.1. The highest BCUT2D eigenvalue weighted by molar-refractivity contribution is 5.94. The first-order valence-corrected chi connectivity index (χ1v) is 11.0. The molecule has 2 aliphatic rings. The molecule has 1 N–H and O–H groups in total. The Bertz CT molecular complexity index is 1250. The number of hydrogen-bond donors (Lipinski definition) is 1. The van der Waals surface area contributed by atoms with Crippen molar-refractivity contribution in [2.45, 2.75) is 39.5 Å². The molecule has 1 aromatic carbocycles. The molecule has 0 amide bonds. The van der Waals surface area contributed by atoms with Crippen molar-refractivity contribution in [2.24, 2.45) is 0 Å². The lowest BCUT2D eigenvalue weighted by Crippen LogP contribution is -2.39. The molecule has 1 atom stereocenters. The molecule has 0 spiro atoms. The van der Waals surface area contributed by atoms with Crippen molar-refractivity contribution >= 4 is 23.4 Å². The quantitative estimate of drug-likeness (QED) is 0.360. The van der Waals surface area contributed by atoms with Gasteiger partial charge in [0.05, 0.1) is 18.8 Å². The van der Waals surface area contributed by atoms with E-state index in [9.17, 15) is 9.90 Å². The van der Waals surface area contributed by atoms with Crippen LogP contribution in [0.25, 0.3) is 22.3 Å². The van der Waals surface area contributed by atoms with Crippen molar-refractivity contribution in [2.75, 3.05) is 20.3 Å². The third-order valence-electron chi connectivity index (χ3n) is 5.66. The average Bonchev–Trinajstić information content (AvgIpc) is 3.19. The molecule has 1 aliphatic carbocycles. The minimum atomic E-state index is -0.750. The summed E-state index contributed by atoms with van der Waals surface area (Å²) in [5.74, 6) is 1.52. The van der Waals surface area contributed by atoms with Gasteiger partial charge in [-0.25, -0.2) is 0 Å². The fourth-order valence-corrected chi connectivity index (χ4v) is 3.98. The molecule has 0 radical (unpaired) electrons. The van der Waals surface area contributed by atoms with Crippen molar-refractivity contribution in [1.29, 1.82) is 0 Å². The number of methoxy groups -OCH3 is 1. The summed E-state index contributed by atoms with van der Waals surface area (Å²) < 4.78 is 22.7. The van der Waals surface area contributed by atoms with E-state index in [1.54, 1.807) is 19.1 Å². The van der Waals surface area contributed by atoms with Gasteiger partial charge in [0.25, 0.3) is 0 Å². The van der Waals surface area contributed by atoms with Crippen molar-refractivity contribution in [1.82, 2.24) is 4.90 Å². The Morgan fingerprint density at radius 1 is 1.15 bits per heavy atom. The number of aryl methyl sites for hydroxylation is 1. The molecular formula is C26H30ClNO6. The first kappa shape index (κ1) is 25.6. The summed E-state index contributed by atoms with van der Waals surface area (Å²) in [4.78, 5) is 15.4. The second kappa shape index (κ2) is 11.0. The molecule has 8 heteroatoms. The van der Waals surface area contributed by atoms with Crippen LogP contribution in [0.2, 0.25) is 0 Å². The predicted molar refractivity (Wildman–Crippen MR) is 133 cm³/mol. The molecule has 2 aromatic rings. The molecule has 1 unspecified atom stereocenters. The van der Waals surface area contributed by atoms with Crippen LogP contribution in [0.5, 0.6) is 11.5 Å². The number of benzene rings is 2. The van der Waals surface area contributed by atoms with E-state index < -0.39 is 6.10 Å². The van der Waals surface area contributed by atoms with Gasteiger partial charge in [-0.05, 0) is 32.4 Å². The fourth-order valence-electron chi connectivity index (χ4n) is 3.98. The minimum absolute atomic E-state index is 0. The van der Waals surface area contributed by atoms with Gasteiger partial charge in [0.1, 0.15) is 29.8 Å². The number of aliphatic hydroxyl groups excluding tert-OH is 1. The molecule has 1 aromatic heterocycles. The summed E-state index contributed by atoms with van der Waals surface area (Å²) in [6.07, 6.45) is 0.684. The van der Waals surface area contributed by atoms with Crippen molar-refractivity contribution < 1.29 is 23.4 Å². The van der Waals surface area contributed by atoms with Crippen LogP contribution >= 0.6 is 12.4 Å². The number of ether oxygens (including phenoxy) is 2. The van der Waals surface area contributed by atoms with Crippen molar-refractivity contribution in [3.05, 3.63) is 70.3 Å². The van der Waals surface area contributed by atoms with Crippen LogP contribution in [0.15, 0.2) is 62.4 Å². The fraction of sp³-hybridized carbons (Fsp3) is 0.346. The Balaban J connectivity index is 0.00000324. The van der Waals surface area contributed by atoms with E-state index in [1.807, 2.05) is 18.2 Å². The number of furan rings is 1. The molecule has 182 valence electrons. The number of aliphatic hydroxyl groups is 1. The zero-order valence-corrected chi connectivity index (χ0v) is 20.6. The van der Waals surface area contributed by atoms with Gasteiger partial charge in [0.2, 0.25) is 11.2 Å². The number of rotatable bonds is 9. The van der Waals surface area contributed by atoms with E-state index in [4.69, 9.17) is 18.3 Å². The highest BCUT2D eigenvalue weighted by Gasteiger charge is 2.27. The van der Waals surface area contributed by atoms with Gasteiger partial charge in [0, 0.05) is 25.2 Å².